The maximum atomic E-state index is 8.75. The SMILES string of the molecule is C=CC(O)OC(C#N)C=C. The molecule has 0 aliphatic rings. The molecular formula is C7H9NO2. The van der Waals surface area contributed by atoms with E-state index in [4.69, 9.17) is 10.4 Å². The Kier molecular flexibility index (Phi) is 4.21. The van der Waals surface area contributed by atoms with Crippen LogP contribution in [0.2, 0.25) is 0 Å². The number of aliphatic hydroxyl groups is 1. The third kappa shape index (κ3) is 3.02. The maximum absolute atomic E-state index is 8.75. The number of rotatable bonds is 4. The molecule has 0 spiro atoms. The third-order valence-corrected chi connectivity index (χ3v) is 0.829. The summed E-state index contributed by atoms with van der Waals surface area (Å²) in [5, 5.41) is 17.0. The summed E-state index contributed by atoms with van der Waals surface area (Å²) in [4.78, 5) is 0. The number of ether oxygens (including phenoxy) is 1. The van der Waals surface area contributed by atoms with Crippen LogP contribution in [0.5, 0.6) is 0 Å². The molecule has 0 aromatic heterocycles. The van der Waals surface area contributed by atoms with Gasteiger partial charge in [0.15, 0.2) is 12.4 Å². The number of hydrogen-bond acceptors (Lipinski definition) is 3. The van der Waals surface area contributed by atoms with Crippen molar-refractivity contribution in [3.8, 4) is 6.07 Å². The maximum Gasteiger partial charge on any atom is 0.175 e. The standard InChI is InChI=1S/C7H9NO2/c1-3-6(5-8)10-7(9)4-2/h3-4,6-7,9H,1-2H2. The van der Waals surface area contributed by atoms with Gasteiger partial charge in [-0.3, -0.25) is 0 Å². The molecule has 2 atom stereocenters. The second-order valence-electron chi connectivity index (χ2n) is 1.55. The van der Waals surface area contributed by atoms with E-state index in [9.17, 15) is 0 Å². The Bertz CT molecular complexity index is 159. The Balaban J connectivity index is 3.76. The van der Waals surface area contributed by atoms with Crippen LogP contribution in [0.15, 0.2) is 25.3 Å². The van der Waals surface area contributed by atoms with E-state index in [1.54, 1.807) is 6.07 Å². The van der Waals surface area contributed by atoms with Crippen molar-refractivity contribution < 1.29 is 9.84 Å². The van der Waals surface area contributed by atoms with Crippen LogP contribution in [-0.2, 0) is 4.74 Å². The zero-order valence-electron chi connectivity index (χ0n) is 5.53. The van der Waals surface area contributed by atoms with Gasteiger partial charge in [0.05, 0.1) is 6.07 Å². The van der Waals surface area contributed by atoms with Crippen molar-refractivity contribution in [3.63, 3.8) is 0 Å². The molecule has 0 aliphatic heterocycles. The van der Waals surface area contributed by atoms with Crippen molar-refractivity contribution in [1.82, 2.24) is 0 Å². The van der Waals surface area contributed by atoms with E-state index in [1.165, 1.54) is 12.2 Å². The van der Waals surface area contributed by atoms with Gasteiger partial charge in [0, 0.05) is 0 Å². The summed E-state index contributed by atoms with van der Waals surface area (Å²) in [5.74, 6) is 0. The molecule has 0 saturated heterocycles. The molecule has 0 aromatic carbocycles. The Morgan fingerprint density at radius 1 is 1.50 bits per heavy atom. The quantitative estimate of drug-likeness (QED) is 0.458. The Morgan fingerprint density at radius 2 is 2.10 bits per heavy atom. The number of aliphatic hydroxyl groups excluding tert-OH is 1. The van der Waals surface area contributed by atoms with E-state index < -0.39 is 12.4 Å². The van der Waals surface area contributed by atoms with Crippen molar-refractivity contribution >= 4 is 0 Å². The monoisotopic (exact) mass is 139 g/mol. The minimum atomic E-state index is -1.09. The van der Waals surface area contributed by atoms with E-state index in [0.717, 1.165) is 0 Å². The van der Waals surface area contributed by atoms with Gasteiger partial charge < -0.3 is 9.84 Å². The largest absolute Gasteiger partial charge is 0.365 e. The highest BCUT2D eigenvalue weighted by Gasteiger charge is 2.05. The van der Waals surface area contributed by atoms with Gasteiger partial charge in [0.1, 0.15) is 0 Å². The summed E-state index contributed by atoms with van der Waals surface area (Å²) in [6.45, 7) is 6.59. The molecule has 10 heavy (non-hydrogen) atoms. The fraction of sp³-hybridized carbons (Fsp3) is 0.286. The van der Waals surface area contributed by atoms with Crippen molar-refractivity contribution in [2.45, 2.75) is 12.4 Å². The van der Waals surface area contributed by atoms with Crippen molar-refractivity contribution in [2.75, 3.05) is 0 Å². The molecule has 1 N–H and O–H groups in total. The molecular weight excluding hydrogens is 130 g/mol. The number of nitrogens with zero attached hydrogens (tertiary/aromatic N) is 1. The average molecular weight is 139 g/mol. The first kappa shape index (κ1) is 8.89. The zero-order valence-corrected chi connectivity index (χ0v) is 5.53. The minimum Gasteiger partial charge on any atom is -0.365 e. The molecule has 0 radical (unpaired) electrons. The number of nitriles is 1. The van der Waals surface area contributed by atoms with Gasteiger partial charge in [-0.25, -0.2) is 0 Å². The van der Waals surface area contributed by atoms with Gasteiger partial charge in [0.25, 0.3) is 0 Å². The third-order valence-electron chi connectivity index (χ3n) is 0.829. The van der Waals surface area contributed by atoms with Crippen LogP contribution in [0.3, 0.4) is 0 Å². The first-order chi connectivity index (χ1) is 4.74. The second kappa shape index (κ2) is 4.74. The minimum absolute atomic E-state index is 0.770. The second-order valence-corrected chi connectivity index (χ2v) is 1.55. The fourth-order valence-corrected chi connectivity index (χ4v) is 0.344. The lowest BCUT2D eigenvalue weighted by Gasteiger charge is -2.08. The molecule has 2 unspecified atom stereocenters. The van der Waals surface area contributed by atoms with Gasteiger partial charge in [-0.1, -0.05) is 13.2 Å². The Hall–Kier alpha value is -1.11. The highest BCUT2D eigenvalue weighted by atomic mass is 16.6. The molecule has 0 saturated carbocycles. The van der Waals surface area contributed by atoms with Crippen LogP contribution in [0.4, 0.5) is 0 Å². The van der Waals surface area contributed by atoms with Gasteiger partial charge in [-0.05, 0) is 12.2 Å². The molecule has 3 heteroatoms. The van der Waals surface area contributed by atoms with E-state index in [1.807, 2.05) is 0 Å². The summed E-state index contributed by atoms with van der Waals surface area (Å²) in [5.41, 5.74) is 0. The van der Waals surface area contributed by atoms with Crippen molar-refractivity contribution in [1.29, 1.82) is 5.26 Å². The zero-order chi connectivity index (χ0) is 7.98. The van der Waals surface area contributed by atoms with Gasteiger partial charge >= 0.3 is 0 Å². The van der Waals surface area contributed by atoms with Gasteiger partial charge in [-0.15, -0.1) is 0 Å². The Morgan fingerprint density at radius 3 is 2.40 bits per heavy atom. The molecule has 0 fully saturated rings. The van der Waals surface area contributed by atoms with Crippen LogP contribution in [0.25, 0.3) is 0 Å². The smallest absolute Gasteiger partial charge is 0.175 e. The predicted molar refractivity (Wildman–Crippen MR) is 36.9 cm³/mol. The predicted octanol–water partition coefficient (Wildman–Crippen LogP) is 0.586. The van der Waals surface area contributed by atoms with Gasteiger partial charge in [-0.2, -0.15) is 5.26 Å². The van der Waals surface area contributed by atoms with Gasteiger partial charge in [0.2, 0.25) is 0 Å². The van der Waals surface area contributed by atoms with E-state index in [2.05, 4.69) is 17.9 Å². The molecule has 0 aromatic rings. The molecule has 54 valence electrons. The molecule has 3 nitrogen and oxygen atoms in total. The van der Waals surface area contributed by atoms with Crippen LogP contribution in [0, 0.1) is 11.3 Å². The first-order valence-electron chi connectivity index (χ1n) is 2.73. The molecule has 0 heterocycles. The topological polar surface area (TPSA) is 53.2 Å². The van der Waals surface area contributed by atoms with Crippen LogP contribution in [0.1, 0.15) is 0 Å². The lowest BCUT2D eigenvalue weighted by Crippen LogP contribution is -2.16. The summed E-state index contributed by atoms with van der Waals surface area (Å²) in [6.07, 6.45) is 0.622. The first-order valence-corrected chi connectivity index (χ1v) is 2.73. The van der Waals surface area contributed by atoms with Crippen molar-refractivity contribution in [3.05, 3.63) is 25.3 Å². The number of hydrogen-bond donors (Lipinski definition) is 1. The molecule has 0 rings (SSSR count). The van der Waals surface area contributed by atoms with Crippen LogP contribution in [-0.4, -0.2) is 17.5 Å². The summed E-state index contributed by atoms with van der Waals surface area (Å²) in [6, 6.07) is 1.77. The fourth-order valence-electron chi connectivity index (χ4n) is 0.344. The highest BCUT2D eigenvalue weighted by Crippen LogP contribution is 1.96. The summed E-state index contributed by atoms with van der Waals surface area (Å²) >= 11 is 0. The molecule has 0 aliphatic carbocycles. The normalized spacial score (nSPS) is 14.8. The lowest BCUT2D eigenvalue weighted by molar-refractivity contribution is -0.0726. The van der Waals surface area contributed by atoms with E-state index >= 15 is 0 Å². The van der Waals surface area contributed by atoms with Crippen LogP contribution >= 0.6 is 0 Å². The molecule has 0 bridgehead atoms. The molecule has 0 amide bonds. The summed E-state index contributed by atoms with van der Waals surface area (Å²) in [7, 11) is 0. The average Bonchev–Trinajstić information content (AvgIpc) is 1.99. The van der Waals surface area contributed by atoms with Crippen molar-refractivity contribution in [2.24, 2.45) is 0 Å². The van der Waals surface area contributed by atoms with E-state index in [0.29, 0.717) is 0 Å². The lowest BCUT2D eigenvalue weighted by atomic mass is 10.4. The summed E-state index contributed by atoms with van der Waals surface area (Å²) < 4.78 is 4.66. The highest BCUT2D eigenvalue weighted by molar-refractivity contribution is 4.98. The Labute approximate surface area is 59.9 Å². The van der Waals surface area contributed by atoms with Crippen LogP contribution < -0.4 is 0 Å². The van der Waals surface area contributed by atoms with E-state index in [-0.39, 0.29) is 0 Å².